The fraction of sp³-hybridized carbons (Fsp3) is 0.444. The van der Waals surface area contributed by atoms with E-state index in [1.165, 1.54) is 10.8 Å². The molecule has 0 amide bonds. The Bertz CT molecular complexity index is 797. The van der Waals surface area contributed by atoms with Crippen molar-refractivity contribution < 1.29 is 9.47 Å². The number of anilines is 2. The number of thiol groups is 1. The van der Waals surface area contributed by atoms with Crippen molar-refractivity contribution in [1.29, 1.82) is 0 Å². The van der Waals surface area contributed by atoms with Gasteiger partial charge in [-0.25, -0.2) is 4.98 Å². The summed E-state index contributed by atoms with van der Waals surface area (Å²) >= 11 is 10.5. The van der Waals surface area contributed by atoms with Crippen LogP contribution in [-0.2, 0) is 15.2 Å². The summed E-state index contributed by atoms with van der Waals surface area (Å²) in [6.07, 6.45) is 1.50. The normalized spacial score (nSPS) is 11.2. The molecular formula is C18H24ClN3O3S. The standard InChI is InChI=1S/C18H24ClN3O3S/c1-11-5-13(10-26)6-12(2)16(11)21-17-18(23)22(7-15(19)20-17)14(8-24-3)9-25-4/h5-7,14,26H,8-10H2,1-4H3,(H,20,21). The predicted octanol–water partition coefficient (Wildman–Crippen LogP) is 3.52. The highest BCUT2D eigenvalue weighted by atomic mass is 35.5. The summed E-state index contributed by atoms with van der Waals surface area (Å²) < 4.78 is 11.9. The summed E-state index contributed by atoms with van der Waals surface area (Å²) in [5.41, 5.74) is 3.68. The molecule has 0 unspecified atom stereocenters. The van der Waals surface area contributed by atoms with E-state index >= 15 is 0 Å². The molecule has 142 valence electrons. The van der Waals surface area contributed by atoms with E-state index in [4.69, 9.17) is 21.1 Å². The van der Waals surface area contributed by atoms with Crippen LogP contribution in [0, 0.1) is 13.8 Å². The summed E-state index contributed by atoms with van der Waals surface area (Å²) in [7, 11) is 3.15. The topological polar surface area (TPSA) is 65.4 Å². The second kappa shape index (κ2) is 9.41. The number of hydrogen-bond donors (Lipinski definition) is 2. The number of aryl methyl sites for hydroxylation is 2. The summed E-state index contributed by atoms with van der Waals surface area (Å²) in [4.78, 5) is 17.1. The zero-order valence-electron chi connectivity index (χ0n) is 15.4. The van der Waals surface area contributed by atoms with Gasteiger partial charge < -0.3 is 19.4 Å². The minimum Gasteiger partial charge on any atom is -0.382 e. The van der Waals surface area contributed by atoms with Gasteiger partial charge in [0.25, 0.3) is 5.56 Å². The third-order valence-corrected chi connectivity index (χ3v) is 4.58. The van der Waals surface area contributed by atoms with E-state index in [9.17, 15) is 4.79 Å². The molecule has 0 aliphatic rings. The van der Waals surface area contributed by atoms with Crippen LogP contribution < -0.4 is 10.9 Å². The molecule has 1 aromatic heterocycles. The number of methoxy groups -OCH3 is 2. The van der Waals surface area contributed by atoms with Gasteiger partial charge in [-0.15, -0.1) is 0 Å². The Morgan fingerprint density at radius 3 is 2.31 bits per heavy atom. The Hall–Kier alpha value is -1.54. The maximum absolute atomic E-state index is 12.9. The number of halogens is 1. The van der Waals surface area contributed by atoms with E-state index in [-0.39, 0.29) is 22.6 Å². The smallest absolute Gasteiger partial charge is 0.294 e. The second-order valence-corrected chi connectivity index (χ2v) is 6.78. The predicted molar refractivity (Wildman–Crippen MR) is 108 cm³/mol. The molecule has 1 aromatic carbocycles. The van der Waals surface area contributed by atoms with Crippen molar-refractivity contribution >= 4 is 35.7 Å². The Morgan fingerprint density at radius 1 is 1.23 bits per heavy atom. The third kappa shape index (κ3) is 4.79. The van der Waals surface area contributed by atoms with Crippen LogP contribution in [0.3, 0.4) is 0 Å². The number of ether oxygens (including phenoxy) is 2. The molecule has 0 saturated heterocycles. The van der Waals surface area contributed by atoms with Gasteiger partial charge in [-0.1, -0.05) is 23.7 Å². The van der Waals surface area contributed by atoms with Crippen LogP contribution in [0.25, 0.3) is 0 Å². The SMILES string of the molecule is COCC(COC)n1cc(Cl)nc(Nc2c(C)cc(CS)cc2C)c1=O. The van der Waals surface area contributed by atoms with Crippen LogP contribution in [0.1, 0.15) is 22.7 Å². The maximum Gasteiger partial charge on any atom is 0.294 e. The summed E-state index contributed by atoms with van der Waals surface area (Å²) in [6.45, 7) is 4.60. The Morgan fingerprint density at radius 2 is 1.81 bits per heavy atom. The highest BCUT2D eigenvalue weighted by Gasteiger charge is 2.18. The van der Waals surface area contributed by atoms with Crippen LogP contribution in [0.4, 0.5) is 11.5 Å². The largest absolute Gasteiger partial charge is 0.382 e. The molecule has 0 spiro atoms. The first kappa shape index (κ1) is 20.8. The molecule has 0 saturated carbocycles. The average molecular weight is 398 g/mol. The van der Waals surface area contributed by atoms with Crippen LogP contribution in [-0.4, -0.2) is 37.0 Å². The van der Waals surface area contributed by atoms with Crippen molar-refractivity contribution in [3.05, 3.63) is 50.5 Å². The molecular weight excluding hydrogens is 374 g/mol. The lowest BCUT2D eigenvalue weighted by Crippen LogP contribution is -2.32. The minimum atomic E-state index is -0.299. The highest BCUT2D eigenvalue weighted by Crippen LogP contribution is 2.25. The van der Waals surface area contributed by atoms with E-state index in [0.717, 1.165) is 22.4 Å². The molecule has 8 heteroatoms. The Kier molecular flexibility index (Phi) is 7.52. The molecule has 26 heavy (non-hydrogen) atoms. The molecule has 0 radical (unpaired) electrons. The van der Waals surface area contributed by atoms with Gasteiger partial charge in [-0.05, 0) is 30.5 Å². The third-order valence-electron chi connectivity index (χ3n) is 4.03. The molecule has 1 heterocycles. The first-order valence-electron chi connectivity index (χ1n) is 8.15. The average Bonchev–Trinajstić information content (AvgIpc) is 2.60. The van der Waals surface area contributed by atoms with Crippen LogP contribution >= 0.6 is 24.2 Å². The Balaban J connectivity index is 2.47. The number of benzene rings is 1. The number of nitrogens with zero attached hydrogens (tertiary/aromatic N) is 2. The number of nitrogens with one attached hydrogen (secondary N) is 1. The quantitative estimate of drug-likeness (QED) is 0.667. The first-order chi connectivity index (χ1) is 12.4. The van der Waals surface area contributed by atoms with Gasteiger partial charge in [0.05, 0.1) is 19.3 Å². The van der Waals surface area contributed by atoms with E-state index in [0.29, 0.717) is 19.0 Å². The zero-order chi connectivity index (χ0) is 19.3. The maximum atomic E-state index is 12.9. The van der Waals surface area contributed by atoms with Crippen LogP contribution in [0.2, 0.25) is 5.15 Å². The lowest BCUT2D eigenvalue weighted by Gasteiger charge is -2.20. The van der Waals surface area contributed by atoms with Crippen molar-refractivity contribution in [2.75, 3.05) is 32.8 Å². The lowest BCUT2D eigenvalue weighted by molar-refractivity contribution is 0.0879. The van der Waals surface area contributed by atoms with Crippen molar-refractivity contribution in [3.63, 3.8) is 0 Å². The van der Waals surface area contributed by atoms with Gasteiger partial charge in [0, 0.05) is 31.9 Å². The van der Waals surface area contributed by atoms with Crippen molar-refractivity contribution in [2.45, 2.75) is 25.6 Å². The minimum absolute atomic E-state index is 0.166. The van der Waals surface area contributed by atoms with E-state index in [2.05, 4.69) is 22.9 Å². The van der Waals surface area contributed by atoms with Gasteiger partial charge in [0.15, 0.2) is 5.82 Å². The van der Waals surface area contributed by atoms with Gasteiger partial charge >= 0.3 is 0 Å². The number of rotatable bonds is 8. The van der Waals surface area contributed by atoms with Gasteiger partial charge in [0.2, 0.25) is 0 Å². The lowest BCUT2D eigenvalue weighted by atomic mass is 10.1. The van der Waals surface area contributed by atoms with E-state index < -0.39 is 0 Å². The molecule has 0 fully saturated rings. The number of aromatic nitrogens is 2. The summed E-state index contributed by atoms with van der Waals surface area (Å²) in [5, 5.41) is 3.36. The van der Waals surface area contributed by atoms with Crippen molar-refractivity contribution in [2.24, 2.45) is 0 Å². The first-order valence-corrected chi connectivity index (χ1v) is 9.16. The van der Waals surface area contributed by atoms with Crippen molar-refractivity contribution in [3.8, 4) is 0 Å². The van der Waals surface area contributed by atoms with Gasteiger partial charge in [-0.2, -0.15) is 12.6 Å². The van der Waals surface area contributed by atoms with Crippen molar-refractivity contribution in [1.82, 2.24) is 9.55 Å². The summed E-state index contributed by atoms with van der Waals surface area (Å²) in [5.74, 6) is 0.819. The zero-order valence-corrected chi connectivity index (χ0v) is 17.0. The Labute approximate surface area is 163 Å². The fourth-order valence-corrected chi connectivity index (χ4v) is 3.26. The molecule has 2 rings (SSSR count). The molecule has 1 N–H and O–H groups in total. The van der Waals surface area contributed by atoms with Gasteiger partial charge in [-0.3, -0.25) is 4.79 Å². The molecule has 0 atom stereocenters. The monoisotopic (exact) mass is 397 g/mol. The summed E-state index contributed by atoms with van der Waals surface area (Å²) in [6, 6.07) is 3.76. The number of hydrogen-bond acceptors (Lipinski definition) is 6. The van der Waals surface area contributed by atoms with E-state index in [1.54, 1.807) is 14.2 Å². The van der Waals surface area contributed by atoms with E-state index in [1.807, 2.05) is 26.0 Å². The molecule has 6 nitrogen and oxygen atoms in total. The van der Waals surface area contributed by atoms with Crippen LogP contribution in [0.5, 0.6) is 0 Å². The molecule has 2 aromatic rings. The van der Waals surface area contributed by atoms with Gasteiger partial charge in [0.1, 0.15) is 5.15 Å². The molecule has 0 aliphatic carbocycles. The molecule has 0 aliphatic heterocycles. The second-order valence-electron chi connectivity index (χ2n) is 6.08. The molecule has 0 bridgehead atoms. The van der Waals surface area contributed by atoms with Crippen LogP contribution in [0.15, 0.2) is 23.1 Å². The fourth-order valence-electron chi connectivity index (χ4n) is 2.89. The highest BCUT2D eigenvalue weighted by molar-refractivity contribution is 7.79.